The number of carbonyl (C=O) groups is 1. The van der Waals surface area contributed by atoms with E-state index in [4.69, 9.17) is 0 Å². The molecule has 4 heteroatoms. The number of likely N-dealkylation sites (tertiary alicyclic amines) is 1. The lowest BCUT2D eigenvalue weighted by molar-refractivity contribution is -0.121. The minimum absolute atomic E-state index is 0.0318. The van der Waals surface area contributed by atoms with Crippen molar-refractivity contribution < 1.29 is 4.79 Å². The van der Waals surface area contributed by atoms with Crippen molar-refractivity contribution in [3.05, 3.63) is 0 Å². The maximum atomic E-state index is 11.7. The highest BCUT2D eigenvalue weighted by atomic mass is 79.9. The van der Waals surface area contributed by atoms with Gasteiger partial charge < -0.3 is 10.2 Å². The van der Waals surface area contributed by atoms with Gasteiger partial charge in [0, 0.05) is 25.2 Å². The van der Waals surface area contributed by atoms with Crippen LogP contribution in [0, 0.1) is 0 Å². The number of nitrogens with zero attached hydrogens (tertiary/aromatic N) is 1. The summed E-state index contributed by atoms with van der Waals surface area (Å²) in [5.74, 6) is 0.144. The largest absolute Gasteiger partial charge is 0.352 e. The van der Waals surface area contributed by atoms with Crippen LogP contribution in [0.4, 0.5) is 0 Å². The van der Waals surface area contributed by atoms with Crippen molar-refractivity contribution >= 4 is 21.8 Å². The molecule has 1 saturated heterocycles. The van der Waals surface area contributed by atoms with Crippen molar-refractivity contribution in [2.45, 2.75) is 56.9 Å². The second kappa shape index (κ2) is 6.60. The summed E-state index contributed by atoms with van der Waals surface area (Å²) in [5, 5.41) is 3.12. The Bertz CT molecular complexity index is 225. The zero-order chi connectivity index (χ0) is 12.1. The molecule has 1 unspecified atom stereocenters. The first-order valence-electron chi connectivity index (χ1n) is 6.23. The monoisotopic (exact) mass is 290 g/mol. The van der Waals surface area contributed by atoms with Crippen LogP contribution in [0.2, 0.25) is 0 Å². The zero-order valence-electron chi connectivity index (χ0n) is 10.5. The Hall–Kier alpha value is -0.0900. The van der Waals surface area contributed by atoms with Crippen molar-refractivity contribution in [2.24, 2.45) is 0 Å². The van der Waals surface area contributed by atoms with E-state index < -0.39 is 0 Å². The lowest BCUT2D eigenvalue weighted by Gasteiger charge is -2.35. The van der Waals surface area contributed by atoms with Gasteiger partial charge in [-0.2, -0.15) is 0 Å². The smallest absolute Gasteiger partial charge is 0.233 e. The molecular weight excluding hydrogens is 268 g/mol. The van der Waals surface area contributed by atoms with Crippen LogP contribution in [0.15, 0.2) is 0 Å². The average molecular weight is 291 g/mol. The van der Waals surface area contributed by atoms with Gasteiger partial charge in [0.2, 0.25) is 5.91 Å². The Morgan fingerprint density at radius 2 is 2.00 bits per heavy atom. The van der Waals surface area contributed by atoms with E-state index in [9.17, 15) is 4.79 Å². The molecule has 0 bridgehead atoms. The first-order valence-corrected chi connectivity index (χ1v) is 7.14. The number of alkyl halides is 1. The van der Waals surface area contributed by atoms with Gasteiger partial charge >= 0.3 is 0 Å². The van der Waals surface area contributed by atoms with Gasteiger partial charge in [-0.3, -0.25) is 4.79 Å². The van der Waals surface area contributed by atoms with Crippen molar-refractivity contribution in [1.29, 1.82) is 0 Å². The molecule has 94 valence electrons. The van der Waals surface area contributed by atoms with E-state index >= 15 is 0 Å². The van der Waals surface area contributed by atoms with Crippen LogP contribution < -0.4 is 5.32 Å². The first-order chi connectivity index (χ1) is 7.54. The summed E-state index contributed by atoms with van der Waals surface area (Å²) in [6.07, 6.45) is 3.00. The van der Waals surface area contributed by atoms with Gasteiger partial charge in [-0.05, 0) is 33.1 Å². The molecule has 1 fully saturated rings. The number of halogens is 1. The Morgan fingerprint density at radius 3 is 2.44 bits per heavy atom. The molecule has 1 aliphatic heterocycles. The topological polar surface area (TPSA) is 32.3 Å². The lowest BCUT2D eigenvalue weighted by atomic mass is 10.0. The number of rotatable bonds is 4. The predicted octanol–water partition coefficient (Wildman–Crippen LogP) is 2.15. The van der Waals surface area contributed by atoms with Crippen LogP contribution in [-0.2, 0) is 4.79 Å². The minimum Gasteiger partial charge on any atom is -0.352 e. The lowest BCUT2D eigenvalue weighted by Crippen LogP contribution is -2.48. The average Bonchev–Trinajstić information content (AvgIpc) is 2.28. The van der Waals surface area contributed by atoms with E-state index in [1.165, 1.54) is 0 Å². The Labute approximate surface area is 107 Å². The molecule has 1 atom stereocenters. The standard InChI is InChI=1S/C12H23BrN2O/c1-4-11(13)12(16)14-10-5-7-15(8-6-10)9(2)3/h9-11H,4-8H2,1-3H3,(H,14,16). The predicted molar refractivity (Wildman–Crippen MR) is 70.9 cm³/mol. The molecular formula is C12H23BrN2O. The van der Waals surface area contributed by atoms with Gasteiger partial charge in [-0.15, -0.1) is 0 Å². The molecule has 0 aromatic carbocycles. The summed E-state index contributed by atoms with van der Waals surface area (Å²) in [6.45, 7) is 8.67. The van der Waals surface area contributed by atoms with E-state index in [0.29, 0.717) is 12.1 Å². The molecule has 1 aliphatic rings. The van der Waals surface area contributed by atoms with Crippen LogP contribution in [0.25, 0.3) is 0 Å². The number of piperidine rings is 1. The van der Waals surface area contributed by atoms with Crippen LogP contribution in [0.3, 0.4) is 0 Å². The number of nitrogens with one attached hydrogen (secondary N) is 1. The van der Waals surface area contributed by atoms with Gasteiger partial charge in [0.05, 0.1) is 4.83 Å². The van der Waals surface area contributed by atoms with Crippen LogP contribution >= 0.6 is 15.9 Å². The molecule has 0 saturated carbocycles. The first kappa shape index (κ1) is 14.0. The summed E-state index contributed by atoms with van der Waals surface area (Å²) in [6, 6.07) is 0.991. The second-order valence-electron chi connectivity index (χ2n) is 4.79. The van der Waals surface area contributed by atoms with Crippen LogP contribution in [0.1, 0.15) is 40.0 Å². The fourth-order valence-electron chi connectivity index (χ4n) is 2.04. The highest BCUT2D eigenvalue weighted by molar-refractivity contribution is 9.10. The molecule has 0 aromatic heterocycles. The van der Waals surface area contributed by atoms with E-state index in [-0.39, 0.29) is 10.7 Å². The Morgan fingerprint density at radius 1 is 1.44 bits per heavy atom. The second-order valence-corrected chi connectivity index (χ2v) is 5.89. The van der Waals surface area contributed by atoms with Gasteiger partial charge in [-0.25, -0.2) is 0 Å². The van der Waals surface area contributed by atoms with Crippen molar-refractivity contribution in [3.63, 3.8) is 0 Å². The molecule has 1 rings (SSSR count). The molecule has 1 heterocycles. The molecule has 1 N–H and O–H groups in total. The number of hydrogen-bond acceptors (Lipinski definition) is 2. The molecule has 3 nitrogen and oxygen atoms in total. The molecule has 16 heavy (non-hydrogen) atoms. The minimum atomic E-state index is -0.0318. The number of carbonyl (C=O) groups excluding carboxylic acids is 1. The summed E-state index contributed by atoms with van der Waals surface area (Å²) >= 11 is 3.38. The highest BCUT2D eigenvalue weighted by Crippen LogP contribution is 2.14. The molecule has 0 aliphatic carbocycles. The van der Waals surface area contributed by atoms with Crippen molar-refractivity contribution in [1.82, 2.24) is 10.2 Å². The summed E-state index contributed by atoms with van der Waals surface area (Å²) in [4.78, 5) is 14.1. The van der Waals surface area contributed by atoms with E-state index in [1.807, 2.05) is 6.92 Å². The third-order valence-electron chi connectivity index (χ3n) is 3.25. The third kappa shape index (κ3) is 4.06. The maximum Gasteiger partial charge on any atom is 0.233 e. The zero-order valence-corrected chi connectivity index (χ0v) is 12.1. The van der Waals surface area contributed by atoms with E-state index in [0.717, 1.165) is 32.4 Å². The van der Waals surface area contributed by atoms with Crippen LogP contribution in [0.5, 0.6) is 0 Å². The molecule has 0 spiro atoms. The van der Waals surface area contributed by atoms with Gasteiger partial charge in [0.25, 0.3) is 0 Å². The van der Waals surface area contributed by atoms with Gasteiger partial charge in [-0.1, -0.05) is 22.9 Å². The van der Waals surface area contributed by atoms with Gasteiger partial charge in [0.15, 0.2) is 0 Å². The third-order valence-corrected chi connectivity index (χ3v) is 4.31. The van der Waals surface area contributed by atoms with Crippen molar-refractivity contribution in [2.75, 3.05) is 13.1 Å². The van der Waals surface area contributed by atoms with Gasteiger partial charge in [0.1, 0.15) is 0 Å². The van der Waals surface area contributed by atoms with E-state index in [1.54, 1.807) is 0 Å². The Kier molecular flexibility index (Phi) is 5.76. The molecule has 1 amide bonds. The fraction of sp³-hybridized carbons (Fsp3) is 0.917. The SMILES string of the molecule is CCC(Br)C(=O)NC1CCN(C(C)C)CC1. The summed E-state index contributed by atoms with van der Waals surface area (Å²) < 4.78 is 0. The summed E-state index contributed by atoms with van der Waals surface area (Å²) in [7, 11) is 0. The quantitative estimate of drug-likeness (QED) is 0.805. The summed E-state index contributed by atoms with van der Waals surface area (Å²) in [5.41, 5.74) is 0. The Balaban J connectivity index is 2.29. The normalized spacial score (nSPS) is 21.1. The maximum absolute atomic E-state index is 11.7. The number of amides is 1. The van der Waals surface area contributed by atoms with E-state index in [2.05, 4.69) is 40.0 Å². The van der Waals surface area contributed by atoms with Crippen molar-refractivity contribution in [3.8, 4) is 0 Å². The highest BCUT2D eigenvalue weighted by Gasteiger charge is 2.23. The molecule has 0 radical (unpaired) electrons. The number of hydrogen-bond donors (Lipinski definition) is 1. The molecule has 0 aromatic rings. The fourth-order valence-corrected chi connectivity index (χ4v) is 2.17. The van der Waals surface area contributed by atoms with Crippen LogP contribution in [-0.4, -0.2) is 40.8 Å².